The van der Waals surface area contributed by atoms with Crippen molar-refractivity contribution in [1.82, 2.24) is 4.57 Å². The van der Waals surface area contributed by atoms with Crippen molar-refractivity contribution in [3.8, 4) is 11.3 Å². The van der Waals surface area contributed by atoms with Crippen molar-refractivity contribution in [2.75, 3.05) is 0 Å². The number of nitrogens with zero attached hydrogens (tertiary/aromatic N) is 2. The molecule has 2 heterocycles. The van der Waals surface area contributed by atoms with Gasteiger partial charge in [-0.1, -0.05) is 74.5 Å². The molecule has 0 spiro atoms. The first-order valence-corrected chi connectivity index (χ1v) is 11.4. The molecule has 5 rings (SSSR count). The quantitative estimate of drug-likeness (QED) is 0.216. The molecule has 0 fully saturated rings. The van der Waals surface area contributed by atoms with E-state index in [1.165, 1.54) is 55.4 Å². The highest BCUT2D eigenvalue weighted by Crippen LogP contribution is 2.37. The Balaban J connectivity index is 2.19. The van der Waals surface area contributed by atoms with Crippen molar-refractivity contribution < 1.29 is 4.40 Å². The molecule has 5 aromatic rings. The topological polar surface area (TPSA) is 9.03 Å². The SMILES string of the molecule is Cc1cccc2c1c1cccc(C(C)C)c1c1n(C(C)C)c(C)c(-c3ccccc3)[n+]21. The van der Waals surface area contributed by atoms with E-state index in [1.807, 2.05) is 0 Å². The Morgan fingerprint density at radius 1 is 0.742 bits per heavy atom. The third-order valence-corrected chi connectivity index (χ3v) is 6.63. The normalized spacial score (nSPS) is 12.1. The van der Waals surface area contributed by atoms with Gasteiger partial charge in [0.05, 0.1) is 11.4 Å². The molecule has 0 saturated carbocycles. The molecule has 0 N–H and O–H groups in total. The molecule has 2 heteroatoms. The summed E-state index contributed by atoms with van der Waals surface area (Å²) in [6.07, 6.45) is 0. The standard InChI is InChI=1S/C29H31N2/c1-18(2)23-15-11-16-24-26-20(5)12-10-17-25(26)31-28(22-13-8-7-9-14-22)21(6)30(19(3)4)29(31)27(23)24/h7-19H,1-6H3/q+1. The third kappa shape index (κ3) is 2.81. The summed E-state index contributed by atoms with van der Waals surface area (Å²) in [6, 6.07) is 24.8. The maximum Gasteiger partial charge on any atom is 0.295 e. The number of hydrogen-bond donors (Lipinski definition) is 0. The number of benzene rings is 3. The van der Waals surface area contributed by atoms with Gasteiger partial charge in [0.15, 0.2) is 5.69 Å². The number of pyridine rings is 1. The highest BCUT2D eigenvalue weighted by atomic mass is 15.2. The van der Waals surface area contributed by atoms with E-state index < -0.39 is 0 Å². The second kappa shape index (κ2) is 7.23. The smallest absolute Gasteiger partial charge is 0.224 e. The van der Waals surface area contributed by atoms with Crippen LogP contribution in [0.1, 0.15) is 56.5 Å². The van der Waals surface area contributed by atoms with Crippen LogP contribution >= 0.6 is 0 Å². The molecule has 0 bridgehead atoms. The summed E-state index contributed by atoms with van der Waals surface area (Å²) >= 11 is 0. The van der Waals surface area contributed by atoms with Gasteiger partial charge < -0.3 is 0 Å². The van der Waals surface area contributed by atoms with Crippen molar-refractivity contribution >= 4 is 27.3 Å². The fourth-order valence-corrected chi connectivity index (χ4v) is 5.38. The Morgan fingerprint density at radius 2 is 1.45 bits per heavy atom. The zero-order valence-corrected chi connectivity index (χ0v) is 19.4. The van der Waals surface area contributed by atoms with E-state index in [0.717, 1.165) is 0 Å². The average molecular weight is 408 g/mol. The van der Waals surface area contributed by atoms with Gasteiger partial charge in [-0.3, -0.25) is 0 Å². The second-order valence-electron chi connectivity index (χ2n) is 9.32. The largest absolute Gasteiger partial charge is 0.295 e. The summed E-state index contributed by atoms with van der Waals surface area (Å²) in [4.78, 5) is 0. The summed E-state index contributed by atoms with van der Waals surface area (Å²) < 4.78 is 5.07. The highest BCUT2D eigenvalue weighted by Gasteiger charge is 2.31. The van der Waals surface area contributed by atoms with Crippen LogP contribution in [0.4, 0.5) is 0 Å². The zero-order valence-electron chi connectivity index (χ0n) is 19.4. The number of fused-ring (bicyclic) bond motifs is 6. The summed E-state index contributed by atoms with van der Waals surface area (Å²) in [5.41, 5.74) is 9.20. The summed E-state index contributed by atoms with van der Waals surface area (Å²) in [7, 11) is 0. The van der Waals surface area contributed by atoms with Crippen LogP contribution in [-0.4, -0.2) is 4.57 Å². The molecule has 0 aliphatic carbocycles. The van der Waals surface area contributed by atoms with Crippen LogP contribution in [0.2, 0.25) is 0 Å². The van der Waals surface area contributed by atoms with Gasteiger partial charge in [-0.15, -0.1) is 0 Å². The molecule has 0 aliphatic heterocycles. The molecule has 2 aromatic heterocycles. The van der Waals surface area contributed by atoms with Gasteiger partial charge in [0.1, 0.15) is 11.2 Å². The number of rotatable bonds is 3. The number of imidazole rings is 1. The van der Waals surface area contributed by atoms with Gasteiger partial charge >= 0.3 is 0 Å². The Kier molecular flexibility index (Phi) is 4.62. The number of hydrogen-bond acceptors (Lipinski definition) is 0. The Morgan fingerprint density at radius 3 is 2.13 bits per heavy atom. The van der Waals surface area contributed by atoms with Crippen molar-refractivity contribution in [1.29, 1.82) is 0 Å². The lowest BCUT2D eigenvalue weighted by atomic mass is 9.93. The first kappa shape index (κ1) is 19.8. The van der Waals surface area contributed by atoms with E-state index in [1.54, 1.807) is 0 Å². The molecule has 0 saturated heterocycles. The van der Waals surface area contributed by atoms with E-state index in [9.17, 15) is 0 Å². The van der Waals surface area contributed by atoms with Gasteiger partial charge in [0.2, 0.25) is 0 Å². The minimum absolute atomic E-state index is 0.359. The Labute approximate surface area is 184 Å². The zero-order chi connectivity index (χ0) is 21.9. The lowest BCUT2D eigenvalue weighted by Gasteiger charge is -2.14. The van der Waals surface area contributed by atoms with E-state index in [4.69, 9.17) is 0 Å². The predicted molar refractivity (Wildman–Crippen MR) is 132 cm³/mol. The van der Waals surface area contributed by atoms with Gasteiger partial charge in [0.25, 0.3) is 5.65 Å². The highest BCUT2D eigenvalue weighted by molar-refractivity contribution is 6.12. The molecule has 156 valence electrons. The third-order valence-electron chi connectivity index (χ3n) is 6.63. The van der Waals surface area contributed by atoms with Crippen molar-refractivity contribution in [3.63, 3.8) is 0 Å². The van der Waals surface area contributed by atoms with E-state index >= 15 is 0 Å². The van der Waals surface area contributed by atoms with E-state index in [-0.39, 0.29) is 0 Å². The molecule has 0 atom stereocenters. The predicted octanol–water partition coefficient (Wildman–Crippen LogP) is 7.52. The average Bonchev–Trinajstić information content (AvgIpc) is 3.07. The molecule has 2 nitrogen and oxygen atoms in total. The van der Waals surface area contributed by atoms with Crippen LogP contribution in [0.15, 0.2) is 66.7 Å². The molecule has 0 unspecified atom stereocenters. The molecular weight excluding hydrogens is 376 g/mol. The first-order chi connectivity index (χ1) is 14.9. The van der Waals surface area contributed by atoms with Crippen molar-refractivity contribution in [2.45, 2.75) is 53.5 Å². The lowest BCUT2D eigenvalue weighted by molar-refractivity contribution is -0.467. The lowest BCUT2D eigenvalue weighted by Crippen LogP contribution is -2.25. The van der Waals surface area contributed by atoms with Crippen molar-refractivity contribution in [2.24, 2.45) is 0 Å². The van der Waals surface area contributed by atoms with Gasteiger partial charge in [0, 0.05) is 23.3 Å². The van der Waals surface area contributed by atoms with Crippen LogP contribution in [0.5, 0.6) is 0 Å². The molecular formula is C29H31N2+. The summed E-state index contributed by atoms with van der Waals surface area (Å²) in [5.74, 6) is 0.449. The fourth-order valence-electron chi connectivity index (χ4n) is 5.38. The minimum Gasteiger partial charge on any atom is -0.224 e. The number of aryl methyl sites for hydroxylation is 1. The number of aromatic nitrogens is 2. The maximum absolute atomic E-state index is 2.54. The van der Waals surface area contributed by atoms with Crippen LogP contribution in [0.25, 0.3) is 38.6 Å². The molecule has 0 amide bonds. The summed E-state index contributed by atoms with van der Waals surface area (Å²) in [5, 5.41) is 4.10. The van der Waals surface area contributed by atoms with Gasteiger partial charge in [-0.05, 0) is 43.9 Å². The second-order valence-corrected chi connectivity index (χ2v) is 9.32. The maximum atomic E-state index is 2.54. The Hall–Kier alpha value is -3.13. The van der Waals surface area contributed by atoms with Crippen LogP contribution in [-0.2, 0) is 0 Å². The minimum atomic E-state index is 0.359. The molecule has 31 heavy (non-hydrogen) atoms. The summed E-state index contributed by atoms with van der Waals surface area (Å²) in [6.45, 7) is 13.7. The fraction of sp³-hybridized carbons (Fsp3) is 0.276. The molecule has 3 aromatic carbocycles. The van der Waals surface area contributed by atoms with Crippen LogP contribution < -0.4 is 4.40 Å². The molecule has 0 radical (unpaired) electrons. The van der Waals surface area contributed by atoms with Gasteiger partial charge in [-0.2, -0.15) is 4.40 Å². The van der Waals surface area contributed by atoms with Gasteiger partial charge in [-0.25, -0.2) is 4.57 Å². The van der Waals surface area contributed by atoms with E-state index in [2.05, 4.69) is 117 Å². The van der Waals surface area contributed by atoms with E-state index in [0.29, 0.717) is 12.0 Å². The first-order valence-electron chi connectivity index (χ1n) is 11.4. The molecule has 0 aliphatic rings. The van der Waals surface area contributed by atoms with Crippen LogP contribution in [0, 0.1) is 13.8 Å². The Bertz CT molecular complexity index is 1440. The van der Waals surface area contributed by atoms with Crippen LogP contribution in [0.3, 0.4) is 0 Å². The van der Waals surface area contributed by atoms with Crippen molar-refractivity contribution in [3.05, 3.63) is 83.6 Å². The monoisotopic (exact) mass is 407 g/mol.